The van der Waals surface area contributed by atoms with Crippen molar-refractivity contribution in [3.05, 3.63) is 65.0 Å². The minimum atomic E-state index is -0.610. The van der Waals surface area contributed by atoms with Gasteiger partial charge in [-0.25, -0.2) is 9.78 Å². The van der Waals surface area contributed by atoms with E-state index in [4.69, 9.17) is 14.7 Å². The molecule has 1 N–H and O–H groups in total. The summed E-state index contributed by atoms with van der Waals surface area (Å²) in [4.78, 5) is 31.5. The molecule has 1 amide bonds. The van der Waals surface area contributed by atoms with Gasteiger partial charge in [-0.15, -0.1) is 11.3 Å². The lowest BCUT2D eigenvalue weighted by molar-refractivity contribution is -0.141. The van der Waals surface area contributed by atoms with E-state index in [1.165, 1.54) is 24.9 Å². The summed E-state index contributed by atoms with van der Waals surface area (Å²) in [7, 11) is 3.22. The van der Waals surface area contributed by atoms with Crippen LogP contribution < -0.4 is 10.1 Å². The van der Waals surface area contributed by atoms with E-state index >= 15 is 0 Å². The van der Waals surface area contributed by atoms with E-state index in [0.717, 1.165) is 42.5 Å². The molecule has 204 valence electrons. The van der Waals surface area contributed by atoms with Crippen LogP contribution in [0.5, 0.6) is 5.75 Å². The Balaban J connectivity index is 1.30. The third-order valence-corrected chi connectivity index (χ3v) is 7.76. The first-order chi connectivity index (χ1) is 19.0. The number of aromatic nitrogens is 1. The Kier molecular flexibility index (Phi) is 9.92. The molecule has 2 aromatic carbocycles. The molecule has 1 fully saturated rings. The number of likely N-dealkylation sites (N-methyl/N-ethyl adjacent to an activating group) is 1. The van der Waals surface area contributed by atoms with Crippen molar-refractivity contribution in [2.75, 3.05) is 32.6 Å². The number of nitriles is 1. The van der Waals surface area contributed by atoms with Gasteiger partial charge in [-0.3, -0.25) is 4.79 Å². The average molecular weight is 547 g/mol. The first kappa shape index (κ1) is 28.1. The van der Waals surface area contributed by atoms with Gasteiger partial charge in [0, 0.05) is 30.3 Å². The Bertz CT molecular complexity index is 1280. The van der Waals surface area contributed by atoms with E-state index in [1.807, 2.05) is 48.8 Å². The van der Waals surface area contributed by atoms with Gasteiger partial charge in [0.05, 0.1) is 31.0 Å². The Labute approximate surface area is 233 Å². The van der Waals surface area contributed by atoms with Crippen LogP contribution >= 0.6 is 11.3 Å². The standard InChI is InChI=1S/C30H34N4O4S/c1-34(28(35)24-6-4-3-5-7-24)16-17-38-25-14-10-21(11-15-25)18-26(29(36)37-2)32-30-33-27(20-39-30)23-12-8-22(19-31)9-13-23/h8-15,20,24,26H,3-7,16-18H2,1-2H3,(H,32,33)/t26-/m0/s1. The highest BCUT2D eigenvalue weighted by atomic mass is 32.1. The van der Waals surface area contributed by atoms with Crippen molar-refractivity contribution >= 4 is 28.3 Å². The Morgan fingerprint density at radius 3 is 2.51 bits per heavy atom. The van der Waals surface area contributed by atoms with Gasteiger partial charge in [0.1, 0.15) is 18.4 Å². The van der Waals surface area contributed by atoms with Crippen LogP contribution in [-0.2, 0) is 20.7 Å². The van der Waals surface area contributed by atoms with Gasteiger partial charge in [-0.2, -0.15) is 5.26 Å². The normalized spacial score (nSPS) is 14.2. The van der Waals surface area contributed by atoms with Crippen molar-refractivity contribution in [2.45, 2.75) is 44.6 Å². The number of methoxy groups -OCH3 is 1. The highest BCUT2D eigenvalue weighted by molar-refractivity contribution is 7.14. The maximum atomic E-state index is 12.6. The molecular weight excluding hydrogens is 512 g/mol. The number of ether oxygens (including phenoxy) is 2. The molecule has 3 aromatic rings. The minimum Gasteiger partial charge on any atom is -0.492 e. The topological polar surface area (TPSA) is 105 Å². The molecule has 4 rings (SSSR count). The largest absolute Gasteiger partial charge is 0.492 e. The van der Waals surface area contributed by atoms with Gasteiger partial charge < -0.3 is 19.7 Å². The third kappa shape index (κ3) is 7.80. The number of nitrogens with zero attached hydrogens (tertiary/aromatic N) is 3. The number of benzene rings is 2. The maximum Gasteiger partial charge on any atom is 0.328 e. The first-order valence-electron chi connectivity index (χ1n) is 13.2. The summed E-state index contributed by atoms with van der Waals surface area (Å²) in [6.45, 7) is 0.968. The zero-order valence-electron chi connectivity index (χ0n) is 22.4. The second-order valence-electron chi connectivity index (χ2n) is 9.74. The number of hydrogen-bond donors (Lipinski definition) is 1. The van der Waals surface area contributed by atoms with Gasteiger partial charge in [-0.1, -0.05) is 43.5 Å². The molecule has 9 heteroatoms. The van der Waals surface area contributed by atoms with Crippen LogP contribution in [0, 0.1) is 17.2 Å². The maximum absolute atomic E-state index is 12.6. The molecule has 0 spiro atoms. The van der Waals surface area contributed by atoms with E-state index in [0.29, 0.717) is 36.0 Å². The fraction of sp³-hybridized carbons (Fsp3) is 0.400. The Morgan fingerprint density at radius 1 is 1.13 bits per heavy atom. The summed E-state index contributed by atoms with van der Waals surface area (Å²) in [6.07, 6.45) is 5.92. The molecule has 0 bridgehead atoms. The predicted octanol–water partition coefficient (Wildman–Crippen LogP) is 5.30. The number of carbonyl (C=O) groups is 2. The van der Waals surface area contributed by atoms with Crippen molar-refractivity contribution < 1.29 is 19.1 Å². The van der Waals surface area contributed by atoms with Crippen LogP contribution in [0.2, 0.25) is 0 Å². The minimum absolute atomic E-state index is 0.159. The van der Waals surface area contributed by atoms with E-state index < -0.39 is 6.04 Å². The van der Waals surface area contributed by atoms with E-state index in [1.54, 1.807) is 17.0 Å². The fourth-order valence-electron chi connectivity index (χ4n) is 4.70. The molecule has 0 radical (unpaired) electrons. The van der Waals surface area contributed by atoms with Gasteiger partial charge >= 0.3 is 5.97 Å². The van der Waals surface area contributed by atoms with Crippen molar-refractivity contribution in [2.24, 2.45) is 5.92 Å². The van der Waals surface area contributed by atoms with E-state index in [-0.39, 0.29) is 17.8 Å². The molecule has 1 aliphatic rings. The van der Waals surface area contributed by atoms with Gasteiger partial charge in [0.15, 0.2) is 5.13 Å². The van der Waals surface area contributed by atoms with Crippen LogP contribution in [0.3, 0.4) is 0 Å². The number of nitrogens with one attached hydrogen (secondary N) is 1. The predicted molar refractivity (Wildman–Crippen MR) is 152 cm³/mol. The number of carbonyl (C=O) groups excluding carboxylic acids is 2. The van der Waals surface area contributed by atoms with Crippen molar-refractivity contribution in [3.8, 4) is 23.1 Å². The lowest BCUT2D eigenvalue weighted by Crippen LogP contribution is -2.36. The summed E-state index contributed by atoms with van der Waals surface area (Å²) < 4.78 is 10.9. The average Bonchev–Trinajstić information content (AvgIpc) is 3.45. The highest BCUT2D eigenvalue weighted by Crippen LogP contribution is 2.27. The summed E-state index contributed by atoms with van der Waals surface area (Å²) in [6, 6.07) is 16.3. The summed E-state index contributed by atoms with van der Waals surface area (Å²) in [5.41, 5.74) is 3.20. The fourth-order valence-corrected chi connectivity index (χ4v) is 5.48. The molecule has 39 heavy (non-hydrogen) atoms. The molecule has 1 aromatic heterocycles. The van der Waals surface area contributed by atoms with Crippen LogP contribution in [0.25, 0.3) is 11.3 Å². The van der Waals surface area contributed by atoms with Gasteiger partial charge in [0.25, 0.3) is 0 Å². The number of thiazole rings is 1. The van der Waals surface area contributed by atoms with Crippen LogP contribution in [0.15, 0.2) is 53.9 Å². The van der Waals surface area contributed by atoms with Crippen LogP contribution in [0.1, 0.15) is 43.2 Å². The molecule has 0 unspecified atom stereocenters. The molecule has 0 aliphatic heterocycles. The first-order valence-corrected chi connectivity index (χ1v) is 14.1. The summed E-state index contributed by atoms with van der Waals surface area (Å²) >= 11 is 1.40. The van der Waals surface area contributed by atoms with E-state index in [2.05, 4.69) is 16.4 Å². The van der Waals surface area contributed by atoms with Gasteiger partial charge in [-0.05, 0) is 42.7 Å². The lowest BCUT2D eigenvalue weighted by Gasteiger charge is -2.26. The highest BCUT2D eigenvalue weighted by Gasteiger charge is 2.24. The van der Waals surface area contributed by atoms with Gasteiger partial charge in [0.2, 0.25) is 5.91 Å². The van der Waals surface area contributed by atoms with Crippen molar-refractivity contribution in [3.63, 3.8) is 0 Å². The van der Waals surface area contributed by atoms with Crippen LogP contribution in [-0.4, -0.2) is 55.1 Å². The summed E-state index contributed by atoms with van der Waals surface area (Å²) in [5, 5.41) is 14.7. The molecule has 1 atom stereocenters. The third-order valence-electron chi connectivity index (χ3n) is 6.99. The summed E-state index contributed by atoms with van der Waals surface area (Å²) in [5.74, 6) is 0.716. The zero-order valence-corrected chi connectivity index (χ0v) is 23.2. The van der Waals surface area contributed by atoms with E-state index in [9.17, 15) is 9.59 Å². The molecule has 1 heterocycles. The number of anilines is 1. The van der Waals surface area contributed by atoms with Crippen molar-refractivity contribution in [1.82, 2.24) is 9.88 Å². The Hall–Kier alpha value is -3.90. The zero-order chi connectivity index (χ0) is 27.6. The number of rotatable bonds is 11. The molecular formula is C30H34N4O4S. The number of hydrogen-bond acceptors (Lipinski definition) is 8. The van der Waals surface area contributed by atoms with Crippen LogP contribution in [0.4, 0.5) is 5.13 Å². The second-order valence-corrected chi connectivity index (χ2v) is 10.6. The monoisotopic (exact) mass is 546 g/mol. The van der Waals surface area contributed by atoms with Crippen molar-refractivity contribution in [1.29, 1.82) is 5.26 Å². The smallest absolute Gasteiger partial charge is 0.328 e. The lowest BCUT2D eigenvalue weighted by atomic mass is 9.88. The molecule has 1 saturated carbocycles. The SMILES string of the molecule is COC(=O)[C@H](Cc1ccc(OCCN(C)C(=O)C2CCCCC2)cc1)Nc1nc(-c2ccc(C#N)cc2)cs1. The quantitative estimate of drug-likeness (QED) is 0.326. The number of esters is 1. The molecule has 1 aliphatic carbocycles. The molecule has 0 saturated heterocycles. The molecule has 8 nitrogen and oxygen atoms in total. The second kappa shape index (κ2) is 13.8. The Morgan fingerprint density at radius 2 is 1.85 bits per heavy atom. The number of amides is 1.